The number of rotatable bonds is 57. The molecule has 2 atom stereocenters. The number of ether oxygens (including phenoxy) is 1. The highest BCUT2D eigenvalue weighted by Gasteiger charge is 2.20. The lowest BCUT2D eigenvalue weighted by atomic mass is 10.0. The van der Waals surface area contributed by atoms with Crippen LogP contribution >= 0.6 is 0 Å². The summed E-state index contributed by atoms with van der Waals surface area (Å²) in [6, 6.07) is -0.552. The first-order valence-electron chi connectivity index (χ1n) is 30.3. The van der Waals surface area contributed by atoms with E-state index >= 15 is 0 Å². The van der Waals surface area contributed by atoms with Gasteiger partial charge >= 0.3 is 5.97 Å². The van der Waals surface area contributed by atoms with E-state index in [9.17, 15) is 19.8 Å². The van der Waals surface area contributed by atoms with Gasteiger partial charge in [-0.15, -0.1) is 0 Å². The van der Waals surface area contributed by atoms with Crippen LogP contribution in [0.1, 0.15) is 348 Å². The van der Waals surface area contributed by atoms with Crippen LogP contribution in [0.4, 0.5) is 0 Å². The van der Waals surface area contributed by atoms with Gasteiger partial charge in [-0.3, -0.25) is 9.59 Å². The summed E-state index contributed by atoms with van der Waals surface area (Å²) in [5.74, 6) is -0.0496. The topological polar surface area (TPSA) is 95.9 Å². The van der Waals surface area contributed by atoms with Crippen molar-refractivity contribution in [3.8, 4) is 0 Å². The first-order chi connectivity index (χ1) is 32.5. The second kappa shape index (κ2) is 56.4. The number of hydrogen-bond donors (Lipinski definition) is 3. The van der Waals surface area contributed by atoms with Crippen LogP contribution in [0.3, 0.4) is 0 Å². The lowest BCUT2D eigenvalue weighted by Gasteiger charge is -2.22. The zero-order valence-electron chi connectivity index (χ0n) is 45.0. The first kappa shape index (κ1) is 64.9. The number of carbonyl (C=O) groups excluding carboxylic acids is 2. The van der Waals surface area contributed by atoms with Crippen molar-refractivity contribution in [3.63, 3.8) is 0 Å². The molecule has 394 valence electrons. The van der Waals surface area contributed by atoms with Crippen LogP contribution in [0, 0.1) is 0 Å². The molecule has 0 aromatic heterocycles. The molecule has 6 nitrogen and oxygen atoms in total. The van der Waals surface area contributed by atoms with Gasteiger partial charge in [-0.25, -0.2) is 0 Å². The van der Waals surface area contributed by atoms with Crippen LogP contribution in [0.5, 0.6) is 0 Å². The molecule has 0 saturated carbocycles. The Morgan fingerprint density at radius 3 is 0.924 bits per heavy atom. The zero-order valence-corrected chi connectivity index (χ0v) is 45.0. The summed E-state index contributed by atoms with van der Waals surface area (Å²) in [6.45, 7) is 4.96. The van der Waals surface area contributed by atoms with Crippen molar-refractivity contribution >= 4 is 11.9 Å². The summed E-state index contributed by atoms with van der Waals surface area (Å²) in [6.07, 6.45) is 65.2. The average molecular weight is 935 g/mol. The number of amides is 1. The quantitative estimate of drug-likeness (QED) is 0.0417. The Kier molecular flexibility index (Phi) is 55.5. The molecule has 0 spiro atoms. The molecule has 0 radical (unpaired) electrons. The Hall–Kier alpha value is -1.14. The number of nitrogens with one attached hydrogen (secondary N) is 1. The van der Waals surface area contributed by atoms with E-state index < -0.39 is 12.1 Å². The Balaban J connectivity index is 3.42. The summed E-state index contributed by atoms with van der Waals surface area (Å²) in [5, 5.41) is 23.3. The third kappa shape index (κ3) is 52.2. The standard InChI is InChI=1S/C60H119NO5/c1-3-5-7-9-11-13-15-17-19-21-22-23-25-26-28-32-36-40-44-48-52-58(63)57(56-62)61-59(64)53-49-45-41-37-33-30-31-35-39-43-47-51-55-66-60(65)54-50-46-42-38-34-29-27-24-20-18-16-14-12-10-8-6-4-2/h57-58,62-63H,3-56H2,1-2H3,(H,61,64). The smallest absolute Gasteiger partial charge is 0.305 e. The number of hydrogen-bond acceptors (Lipinski definition) is 5. The minimum absolute atomic E-state index is 0.00375. The van der Waals surface area contributed by atoms with Crippen LogP contribution in [-0.4, -0.2) is 47.4 Å². The molecule has 0 aliphatic rings. The number of carbonyl (C=O) groups is 2. The minimum Gasteiger partial charge on any atom is -0.466 e. The Morgan fingerprint density at radius 2 is 0.621 bits per heavy atom. The third-order valence-electron chi connectivity index (χ3n) is 14.4. The second-order valence-corrected chi connectivity index (χ2v) is 21.1. The zero-order chi connectivity index (χ0) is 47.9. The first-order valence-corrected chi connectivity index (χ1v) is 30.3. The van der Waals surface area contributed by atoms with Gasteiger partial charge in [0.25, 0.3) is 0 Å². The fraction of sp³-hybridized carbons (Fsp3) is 0.967. The number of aliphatic hydroxyl groups is 2. The molecule has 0 aliphatic heterocycles. The summed E-state index contributed by atoms with van der Waals surface area (Å²) >= 11 is 0. The number of aliphatic hydroxyl groups excluding tert-OH is 2. The highest BCUT2D eigenvalue weighted by atomic mass is 16.5. The Morgan fingerprint density at radius 1 is 0.364 bits per heavy atom. The number of esters is 1. The van der Waals surface area contributed by atoms with Crippen molar-refractivity contribution < 1.29 is 24.5 Å². The summed E-state index contributed by atoms with van der Waals surface area (Å²) in [5.41, 5.74) is 0. The minimum atomic E-state index is -0.674. The predicted molar refractivity (Wildman–Crippen MR) is 287 cm³/mol. The van der Waals surface area contributed by atoms with Crippen molar-refractivity contribution in [2.24, 2.45) is 0 Å². The average Bonchev–Trinajstić information content (AvgIpc) is 3.32. The van der Waals surface area contributed by atoms with E-state index in [0.717, 1.165) is 57.8 Å². The van der Waals surface area contributed by atoms with Gasteiger partial charge in [0, 0.05) is 12.8 Å². The summed E-state index contributed by atoms with van der Waals surface area (Å²) in [4.78, 5) is 24.6. The molecule has 0 rings (SSSR count). The van der Waals surface area contributed by atoms with Gasteiger partial charge in [-0.1, -0.05) is 309 Å². The normalized spacial score (nSPS) is 12.5. The van der Waals surface area contributed by atoms with Crippen molar-refractivity contribution in [2.75, 3.05) is 13.2 Å². The second-order valence-electron chi connectivity index (χ2n) is 21.1. The van der Waals surface area contributed by atoms with Crippen LogP contribution in [0.2, 0.25) is 0 Å². The molecule has 6 heteroatoms. The summed E-state index contributed by atoms with van der Waals surface area (Å²) < 4.78 is 5.48. The molecule has 0 saturated heterocycles. The van der Waals surface area contributed by atoms with Gasteiger partial charge in [-0.05, 0) is 25.7 Å². The van der Waals surface area contributed by atoms with Gasteiger partial charge < -0.3 is 20.3 Å². The van der Waals surface area contributed by atoms with Crippen LogP contribution < -0.4 is 5.32 Å². The number of unbranched alkanes of at least 4 members (excludes halogenated alkanes) is 46. The fourth-order valence-electron chi connectivity index (χ4n) is 9.76. The van der Waals surface area contributed by atoms with E-state index in [1.807, 2.05) is 0 Å². The van der Waals surface area contributed by atoms with Gasteiger partial charge in [0.15, 0.2) is 0 Å². The van der Waals surface area contributed by atoms with E-state index in [2.05, 4.69) is 19.2 Å². The van der Waals surface area contributed by atoms with E-state index in [1.54, 1.807) is 0 Å². The summed E-state index contributed by atoms with van der Waals surface area (Å²) in [7, 11) is 0. The van der Waals surface area contributed by atoms with Crippen LogP contribution in [0.25, 0.3) is 0 Å². The Labute approximate surface area is 413 Å². The molecule has 0 aromatic rings. The molecule has 0 bridgehead atoms. The maximum atomic E-state index is 12.5. The van der Waals surface area contributed by atoms with Crippen molar-refractivity contribution in [2.45, 2.75) is 360 Å². The molecule has 0 aliphatic carbocycles. The van der Waals surface area contributed by atoms with E-state index in [-0.39, 0.29) is 18.5 Å². The van der Waals surface area contributed by atoms with Crippen LogP contribution in [-0.2, 0) is 14.3 Å². The fourth-order valence-corrected chi connectivity index (χ4v) is 9.76. The molecule has 2 unspecified atom stereocenters. The molecule has 66 heavy (non-hydrogen) atoms. The van der Waals surface area contributed by atoms with E-state index in [0.29, 0.717) is 25.9 Å². The van der Waals surface area contributed by atoms with Crippen LogP contribution in [0.15, 0.2) is 0 Å². The highest BCUT2D eigenvalue weighted by Crippen LogP contribution is 2.18. The lowest BCUT2D eigenvalue weighted by molar-refractivity contribution is -0.143. The largest absolute Gasteiger partial charge is 0.466 e. The molecule has 1 amide bonds. The molecule has 0 fully saturated rings. The van der Waals surface area contributed by atoms with Crippen molar-refractivity contribution in [3.05, 3.63) is 0 Å². The van der Waals surface area contributed by atoms with Gasteiger partial charge in [0.05, 0.1) is 25.4 Å². The monoisotopic (exact) mass is 934 g/mol. The van der Waals surface area contributed by atoms with Crippen molar-refractivity contribution in [1.29, 1.82) is 0 Å². The maximum absolute atomic E-state index is 12.5. The van der Waals surface area contributed by atoms with E-state index in [4.69, 9.17) is 4.74 Å². The Bertz CT molecular complexity index is 944. The highest BCUT2D eigenvalue weighted by molar-refractivity contribution is 5.76. The third-order valence-corrected chi connectivity index (χ3v) is 14.4. The SMILES string of the molecule is CCCCCCCCCCCCCCCCCCCCCCC(O)C(CO)NC(=O)CCCCCCCCCCCCCCOC(=O)CCCCCCCCCCCCCCCCCCC. The molecule has 0 heterocycles. The molecule has 3 N–H and O–H groups in total. The molecular formula is C60H119NO5. The van der Waals surface area contributed by atoms with E-state index in [1.165, 1.54) is 257 Å². The predicted octanol–water partition coefficient (Wildman–Crippen LogP) is 18.7. The maximum Gasteiger partial charge on any atom is 0.305 e. The molecular weight excluding hydrogens is 815 g/mol. The molecule has 0 aromatic carbocycles. The van der Waals surface area contributed by atoms with Gasteiger partial charge in [0.1, 0.15) is 0 Å². The van der Waals surface area contributed by atoms with Gasteiger partial charge in [-0.2, -0.15) is 0 Å². The van der Waals surface area contributed by atoms with Crippen molar-refractivity contribution in [1.82, 2.24) is 5.32 Å². The lowest BCUT2D eigenvalue weighted by Crippen LogP contribution is -2.45. The van der Waals surface area contributed by atoms with Gasteiger partial charge in [0.2, 0.25) is 5.91 Å².